The third kappa shape index (κ3) is 16.3. The van der Waals surface area contributed by atoms with E-state index in [-0.39, 0.29) is 6.15 Å². The number of carbonyl (C=O) groups is 1. The van der Waals surface area contributed by atoms with Crippen LogP contribution in [0.15, 0.2) is 0 Å². The van der Waals surface area contributed by atoms with E-state index < -0.39 is 0 Å². The summed E-state index contributed by atoms with van der Waals surface area (Å²) >= 11 is 0. The van der Waals surface area contributed by atoms with Gasteiger partial charge in [-0.15, -0.1) is 0 Å². The van der Waals surface area contributed by atoms with Gasteiger partial charge in [-0.2, -0.15) is 0 Å². The predicted molar refractivity (Wildman–Crippen MR) is 67.5 cm³/mol. The van der Waals surface area contributed by atoms with Gasteiger partial charge in [-0.05, 0) is 6.42 Å². The minimum Gasteiger partial charge on any atom is -0.344 e. The molecule has 0 heterocycles. The summed E-state index contributed by atoms with van der Waals surface area (Å²) in [5.74, 6) is 0. The van der Waals surface area contributed by atoms with Crippen molar-refractivity contribution in [2.75, 3.05) is 0 Å². The molecule has 0 saturated carbocycles. The van der Waals surface area contributed by atoms with Crippen LogP contribution in [0.1, 0.15) is 77.6 Å². The minimum absolute atomic E-state index is 0. The number of aldehydes is 1. The molecule has 2 heteroatoms. The molecule has 0 atom stereocenters. The fourth-order valence-corrected chi connectivity index (χ4v) is 1.72. The molecule has 0 radical (unpaired) electrons. The Morgan fingerprint density at radius 2 is 1.13 bits per heavy atom. The van der Waals surface area contributed by atoms with Gasteiger partial charge in [0.25, 0.3) is 0 Å². The van der Waals surface area contributed by atoms with Gasteiger partial charge in [0.1, 0.15) is 6.29 Å². The highest BCUT2D eigenvalue weighted by molar-refractivity contribution is 5.48. The lowest BCUT2D eigenvalue weighted by Crippen LogP contribution is -1.82. The van der Waals surface area contributed by atoms with Crippen LogP contribution in [0.4, 0.5) is 0 Å². The second-order valence-electron chi connectivity index (χ2n) is 4.14. The molecule has 0 amide bonds. The average molecular weight is 215 g/mol. The Kier molecular flexibility index (Phi) is 18.3. The molecule has 2 nitrogen and oxygen atoms in total. The lowest BCUT2D eigenvalue weighted by atomic mass is 10.1. The van der Waals surface area contributed by atoms with Crippen LogP contribution in [-0.2, 0) is 4.79 Å². The maximum Gasteiger partial charge on any atom is 0.119 e. The maximum absolute atomic E-state index is 10.0. The number of hydrogen-bond donors (Lipinski definition) is 1. The Labute approximate surface area is 95.4 Å². The molecular weight excluding hydrogens is 186 g/mol. The van der Waals surface area contributed by atoms with Crippen LogP contribution in [0, 0.1) is 0 Å². The first-order valence-corrected chi connectivity index (χ1v) is 6.35. The highest BCUT2D eigenvalue weighted by Gasteiger charge is 1.91. The van der Waals surface area contributed by atoms with Crippen LogP contribution in [0.3, 0.4) is 0 Å². The minimum atomic E-state index is 0. The van der Waals surface area contributed by atoms with E-state index in [0.29, 0.717) is 0 Å². The highest BCUT2D eigenvalue weighted by Crippen LogP contribution is 2.10. The lowest BCUT2D eigenvalue weighted by molar-refractivity contribution is -0.107. The molecule has 0 aliphatic heterocycles. The van der Waals surface area contributed by atoms with E-state index >= 15 is 0 Å². The SMILES string of the molecule is CCCCCCCCCCCCC=O.N. The Hall–Kier alpha value is -0.370. The predicted octanol–water partition coefficient (Wildman–Crippen LogP) is 4.66. The molecule has 0 bridgehead atoms. The summed E-state index contributed by atoms with van der Waals surface area (Å²) in [6, 6.07) is 0. The summed E-state index contributed by atoms with van der Waals surface area (Å²) in [4.78, 5) is 10.0. The summed E-state index contributed by atoms with van der Waals surface area (Å²) in [5, 5.41) is 0. The molecule has 92 valence electrons. The van der Waals surface area contributed by atoms with Gasteiger partial charge in [-0.25, -0.2) is 0 Å². The summed E-state index contributed by atoms with van der Waals surface area (Å²) in [6.07, 6.45) is 15.2. The van der Waals surface area contributed by atoms with Gasteiger partial charge in [0.15, 0.2) is 0 Å². The Morgan fingerprint density at radius 3 is 1.53 bits per heavy atom. The van der Waals surface area contributed by atoms with E-state index in [1.165, 1.54) is 57.8 Å². The van der Waals surface area contributed by atoms with E-state index in [2.05, 4.69) is 6.92 Å². The molecule has 15 heavy (non-hydrogen) atoms. The van der Waals surface area contributed by atoms with Gasteiger partial charge in [-0.1, -0.05) is 64.7 Å². The molecule has 0 fully saturated rings. The first-order valence-electron chi connectivity index (χ1n) is 6.35. The van der Waals surface area contributed by atoms with Crippen molar-refractivity contribution in [1.29, 1.82) is 0 Å². The van der Waals surface area contributed by atoms with Crippen molar-refractivity contribution < 1.29 is 4.79 Å². The molecule has 0 spiro atoms. The molecular formula is C13H29NO. The quantitative estimate of drug-likeness (QED) is 0.402. The molecule has 3 N–H and O–H groups in total. The molecule has 0 unspecified atom stereocenters. The van der Waals surface area contributed by atoms with Crippen molar-refractivity contribution in [3.63, 3.8) is 0 Å². The first kappa shape index (κ1) is 17.0. The van der Waals surface area contributed by atoms with Crippen LogP contribution >= 0.6 is 0 Å². The molecule has 0 rings (SSSR count). The fourth-order valence-electron chi connectivity index (χ4n) is 1.72. The number of carbonyl (C=O) groups excluding carboxylic acids is 1. The lowest BCUT2D eigenvalue weighted by Gasteiger charge is -2.00. The van der Waals surface area contributed by atoms with Gasteiger partial charge < -0.3 is 10.9 Å². The second-order valence-corrected chi connectivity index (χ2v) is 4.14. The van der Waals surface area contributed by atoms with E-state index in [1.54, 1.807) is 0 Å². The summed E-state index contributed by atoms with van der Waals surface area (Å²) in [5.41, 5.74) is 0. The zero-order valence-electron chi connectivity index (χ0n) is 10.5. The van der Waals surface area contributed by atoms with E-state index in [0.717, 1.165) is 19.1 Å². The van der Waals surface area contributed by atoms with Crippen molar-refractivity contribution in [3.05, 3.63) is 0 Å². The van der Waals surface area contributed by atoms with Crippen molar-refractivity contribution in [3.8, 4) is 0 Å². The topological polar surface area (TPSA) is 52.1 Å². The summed E-state index contributed by atoms with van der Waals surface area (Å²) < 4.78 is 0. The van der Waals surface area contributed by atoms with Crippen LogP contribution in [0.5, 0.6) is 0 Å². The largest absolute Gasteiger partial charge is 0.344 e. The number of hydrogen-bond acceptors (Lipinski definition) is 2. The van der Waals surface area contributed by atoms with Crippen LogP contribution < -0.4 is 6.15 Å². The second kappa shape index (κ2) is 16.1. The monoisotopic (exact) mass is 215 g/mol. The van der Waals surface area contributed by atoms with Crippen molar-refractivity contribution >= 4 is 6.29 Å². The molecule has 0 aliphatic carbocycles. The smallest absolute Gasteiger partial charge is 0.119 e. The van der Waals surface area contributed by atoms with Gasteiger partial charge in [-0.3, -0.25) is 0 Å². The molecule has 0 aromatic rings. The standard InChI is InChI=1S/C13H26O.H3N/c1-2-3-4-5-6-7-8-9-10-11-12-13-14;/h13H,2-12H2,1H3;1H3. The average Bonchev–Trinajstić information content (AvgIpc) is 2.21. The molecule has 0 aliphatic rings. The zero-order valence-corrected chi connectivity index (χ0v) is 10.5. The fraction of sp³-hybridized carbons (Fsp3) is 0.923. The first-order chi connectivity index (χ1) is 6.91. The van der Waals surface area contributed by atoms with E-state index in [1.807, 2.05) is 0 Å². The van der Waals surface area contributed by atoms with E-state index in [9.17, 15) is 4.79 Å². The zero-order chi connectivity index (χ0) is 10.5. The van der Waals surface area contributed by atoms with Crippen molar-refractivity contribution in [2.45, 2.75) is 77.6 Å². The van der Waals surface area contributed by atoms with Gasteiger partial charge in [0.2, 0.25) is 0 Å². The van der Waals surface area contributed by atoms with E-state index in [4.69, 9.17) is 0 Å². The molecule has 0 aromatic heterocycles. The summed E-state index contributed by atoms with van der Waals surface area (Å²) in [7, 11) is 0. The van der Waals surface area contributed by atoms with Crippen molar-refractivity contribution in [1.82, 2.24) is 6.15 Å². The van der Waals surface area contributed by atoms with Crippen LogP contribution in [-0.4, -0.2) is 6.29 Å². The van der Waals surface area contributed by atoms with Crippen LogP contribution in [0.25, 0.3) is 0 Å². The third-order valence-corrected chi connectivity index (χ3v) is 2.68. The Morgan fingerprint density at radius 1 is 0.733 bits per heavy atom. The highest BCUT2D eigenvalue weighted by atomic mass is 16.1. The Bertz CT molecular complexity index is 115. The Balaban J connectivity index is 0. The van der Waals surface area contributed by atoms with Gasteiger partial charge >= 0.3 is 0 Å². The number of unbranched alkanes of at least 4 members (excludes halogenated alkanes) is 10. The maximum atomic E-state index is 10.0. The normalized spacial score (nSPS) is 9.67. The third-order valence-electron chi connectivity index (χ3n) is 2.68. The van der Waals surface area contributed by atoms with Crippen molar-refractivity contribution in [2.24, 2.45) is 0 Å². The van der Waals surface area contributed by atoms with Crippen LogP contribution in [0.2, 0.25) is 0 Å². The number of rotatable bonds is 11. The van der Waals surface area contributed by atoms with Gasteiger partial charge in [0, 0.05) is 6.42 Å². The summed E-state index contributed by atoms with van der Waals surface area (Å²) in [6.45, 7) is 2.26. The van der Waals surface area contributed by atoms with Gasteiger partial charge in [0.05, 0.1) is 0 Å². The molecule has 0 saturated heterocycles. The molecule has 0 aromatic carbocycles.